The molecule has 2 aliphatic heterocycles. The van der Waals surface area contributed by atoms with Crippen LogP contribution in [-0.2, 0) is 9.53 Å². The molecule has 134 valence electrons. The molecule has 0 aromatic heterocycles. The number of carbonyl (C=O) groups is 1. The van der Waals surface area contributed by atoms with E-state index in [1.807, 2.05) is 0 Å². The van der Waals surface area contributed by atoms with E-state index in [-0.39, 0.29) is 36.2 Å². The first-order valence-electron chi connectivity index (χ1n) is 8.19. The molecule has 2 heterocycles. The average Bonchev–Trinajstić information content (AvgIpc) is 2.59. The van der Waals surface area contributed by atoms with Gasteiger partial charge in [0.05, 0.1) is 12.5 Å². The Labute approximate surface area is 146 Å². The Bertz CT molecular complexity index is 568. The molecule has 3 atom stereocenters. The first-order valence-corrected chi connectivity index (χ1v) is 8.19. The number of hydrogen-bond acceptors (Lipinski definition) is 3. The minimum Gasteiger partial charge on any atom is -0.381 e. The van der Waals surface area contributed by atoms with E-state index in [9.17, 15) is 13.6 Å². The van der Waals surface area contributed by atoms with Crippen molar-refractivity contribution in [3.05, 3.63) is 35.4 Å². The van der Waals surface area contributed by atoms with Crippen LogP contribution in [0.15, 0.2) is 18.2 Å². The van der Waals surface area contributed by atoms with Crippen LogP contribution in [0.3, 0.4) is 0 Å². The van der Waals surface area contributed by atoms with Gasteiger partial charge in [-0.15, -0.1) is 12.4 Å². The lowest BCUT2D eigenvalue weighted by Gasteiger charge is -2.34. The molecule has 2 aliphatic rings. The zero-order chi connectivity index (χ0) is 16.2. The maximum atomic E-state index is 13.5. The molecule has 2 fully saturated rings. The maximum Gasteiger partial charge on any atom is 0.225 e. The van der Waals surface area contributed by atoms with Gasteiger partial charge in [-0.05, 0) is 43.5 Å². The first-order chi connectivity index (χ1) is 11.1. The van der Waals surface area contributed by atoms with Crippen molar-refractivity contribution < 1.29 is 18.3 Å². The summed E-state index contributed by atoms with van der Waals surface area (Å²) in [6.45, 7) is 2.60. The predicted molar refractivity (Wildman–Crippen MR) is 89.3 cm³/mol. The van der Waals surface area contributed by atoms with Crippen LogP contribution in [0.4, 0.5) is 8.78 Å². The molecule has 3 unspecified atom stereocenters. The molecule has 3 rings (SSSR count). The highest BCUT2D eigenvalue weighted by Crippen LogP contribution is 2.27. The number of nitrogens with one attached hydrogen (secondary N) is 2. The third kappa shape index (κ3) is 4.43. The Hall–Kier alpha value is -1.24. The number of halogens is 3. The van der Waals surface area contributed by atoms with Crippen molar-refractivity contribution in [3.63, 3.8) is 0 Å². The molecule has 7 heteroatoms. The fourth-order valence-corrected chi connectivity index (χ4v) is 3.40. The third-order valence-corrected chi connectivity index (χ3v) is 4.71. The van der Waals surface area contributed by atoms with E-state index in [4.69, 9.17) is 4.74 Å². The lowest BCUT2D eigenvalue weighted by molar-refractivity contribution is -0.129. The molecule has 0 spiro atoms. The lowest BCUT2D eigenvalue weighted by atomic mass is 9.85. The molecule has 1 aromatic rings. The lowest BCUT2D eigenvalue weighted by Crippen LogP contribution is -2.52. The standard InChI is InChI=1S/C17H22F2N2O2.ClH/c18-14-4-3-11(8-15(14)19)13-5-6-20-9-16(13)21-17(22)12-2-1-7-23-10-12;/h3-4,8,12-13,16,20H,1-2,5-7,9-10H2,(H,21,22);1H. The topological polar surface area (TPSA) is 50.4 Å². The molecular weight excluding hydrogens is 338 g/mol. The molecular formula is C17H23ClF2N2O2. The number of rotatable bonds is 3. The van der Waals surface area contributed by atoms with Gasteiger partial charge in [-0.3, -0.25) is 4.79 Å². The normalized spacial score (nSPS) is 27.2. The van der Waals surface area contributed by atoms with Crippen LogP contribution in [0.1, 0.15) is 30.7 Å². The molecule has 1 aromatic carbocycles. The second-order valence-electron chi connectivity index (χ2n) is 6.30. The second-order valence-corrected chi connectivity index (χ2v) is 6.30. The van der Waals surface area contributed by atoms with E-state index in [1.54, 1.807) is 6.07 Å². The van der Waals surface area contributed by atoms with Gasteiger partial charge in [0.25, 0.3) is 0 Å². The number of ether oxygens (including phenoxy) is 1. The molecule has 0 bridgehead atoms. The van der Waals surface area contributed by atoms with Crippen molar-refractivity contribution in [2.75, 3.05) is 26.3 Å². The van der Waals surface area contributed by atoms with E-state index in [2.05, 4.69) is 10.6 Å². The fraction of sp³-hybridized carbons (Fsp3) is 0.588. The Morgan fingerprint density at radius 3 is 2.79 bits per heavy atom. The highest BCUT2D eigenvalue weighted by Gasteiger charge is 2.31. The summed E-state index contributed by atoms with van der Waals surface area (Å²) in [5.74, 6) is -1.82. The molecule has 2 N–H and O–H groups in total. The Balaban J connectivity index is 0.00000208. The van der Waals surface area contributed by atoms with Crippen molar-refractivity contribution in [2.45, 2.75) is 31.2 Å². The van der Waals surface area contributed by atoms with Gasteiger partial charge in [-0.25, -0.2) is 8.78 Å². The Morgan fingerprint density at radius 1 is 1.25 bits per heavy atom. The molecule has 4 nitrogen and oxygen atoms in total. The SMILES string of the molecule is Cl.O=C(NC1CNCCC1c1ccc(F)c(F)c1)C1CCCOC1. The van der Waals surface area contributed by atoms with Gasteiger partial charge in [0, 0.05) is 25.1 Å². The van der Waals surface area contributed by atoms with Gasteiger partial charge in [0.15, 0.2) is 11.6 Å². The minimum absolute atomic E-state index is 0. The summed E-state index contributed by atoms with van der Waals surface area (Å²) >= 11 is 0. The smallest absolute Gasteiger partial charge is 0.225 e. The first kappa shape index (κ1) is 19.1. The number of hydrogen-bond donors (Lipinski definition) is 2. The van der Waals surface area contributed by atoms with Gasteiger partial charge < -0.3 is 15.4 Å². The van der Waals surface area contributed by atoms with Crippen molar-refractivity contribution in [1.29, 1.82) is 0 Å². The van der Waals surface area contributed by atoms with Crippen LogP contribution in [0.5, 0.6) is 0 Å². The minimum atomic E-state index is -0.845. The van der Waals surface area contributed by atoms with Crippen LogP contribution in [-0.4, -0.2) is 38.3 Å². The van der Waals surface area contributed by atoms with Crippen LogP contribution >= 0.6 is 12.4 Å². The van der Waals surface area contributed by atoms with Crippen LogP contribution in [0, 0.1) is 17.6 Å². The van der Waals surface area contributed by atoms with Gasteiger partial charge in [0.1, 0.15) is 0 Å². The second kappa shape index (κ2) is 8.74. The fourth-order valence-electron chi connectivity index (χ4n) is 3.40. The van der Waals surface area contributed by atoms with E-state index in [0.717, 1.165) is 37.4 Å². The maximum absolute atomic E-state index is 13.5. The highest BCUT2D eigenvalue weighted by atomic mass is 35.5. The summed E-state index contributed by atoms with van der Waals surface area (Å²) in [6.07, 6.45) is 2.51. The third-order valence-electron chi connectivity index (χ3n) is 4.71. The summed E-state index contributed by atoms with van der Waals surface area (Å²) < 4.78 is 32.0. The van der Waals surface area contributed by atoms with Gasteiger partial charge in [0.2, 0.25) is 5.91 Å². The van der Waals surface area contributed by atoms with E-state index < -0.39 is 11.6 Å². The van der Waals surface area contributed by atoms with Crippen molar-refractivity contribution in [3.8, 4) is 0 Å². The zero-order valence-electron chi connectivity index (χ0n) is 13.4. The molecule has 1 amide bonds. The highest BCUT2D eigenvalue weighted by molar-refractivity contribution is 5.85. The Morgan fingerprint density at radius 2 is 2.08 bits per heavy atom. The summed E-state index contributed by atoms with van der Waals surface area (Å²) in [7, 11) is 0. The number of piperidine rings is 1. The van der Waals surface area contributed by atoms with Crippen molar-refractivity contribution >= 4 is 18.3 Å². The largest absolute Gasteiger partial charge is 0.381 e. The van der Waals surface area contributed by atoms with Crippen LogP contribution < -0.4 is 10.6 Å². The number of benzene rings is 1. The summed E-state index contributed by atoms with van der Waals surface area (Å²) in [5.41, 5.74) is 0.732. The molecule has 0 saturated carbocycles. The number of amides is 1. The van der Waals surface area contributed by atoms with Gasteiger partial charge in [-0.1, -0.05) is 6.07 Å². The number of carbonyl (C=O) groups excluding carboxylic acids is 1. The summed E-state index contributed by atoms with van der Waals surface area (Å²) in [5, 5.41) is 6.33. The van der Waals surface area contributed by atoms with E-state index in [1.165, 1.54) is 6.07 Å². The van der Waals surface area contributed by atoms with Crippen molar-refractivity contribution in [1.82, 2.24) is 10.6 Å². The zero-order valence-corrected chi connectivity index (χ0v) is 14.2. The monoisotopic (exact) mass is 360 g/mol. The summed E-state index contributed by atoms with van der Waals surface area (Å²) in [6, 6.07) is 3.88. The Kier molecular flexibility index (Phi) is 6.95. The molecule has 0 radical (unpaired) electrons. The van der Waals surface area contributed by atoms with Crippen molar-refractivity contribution in [2.24, 2.45) is 5.92 Å². The van der Waals surface area contributed by atoms with E-state index in [0.29, 0.717) is 19.8 Å². The predicted octanol–water partition coefficient (Wildman–Crippen LogP) is 2.37. The summed E-state index contributed by atoms with van der Waals surface area (Å²) in [4.78, 5) is 12.4. The van der Waals surface area contributed by atoms with E-state index >= 15 is 0 Å². The van der Waals surface area contributed by atoms with Gasteiger partial charge >= 0.3 is 0 Å². The van der Waals surface area contributed by atoms with Gasteiger partial charge in [-0.2, -0.15) is 0 Å². The molecule has 2 saturated heterocycles. The van der Waals surface area contributed by atoms with Crippen LogP contribution in [0.25, 0.3) is 0 Å². The quantitative estimate of drug-likeness (QED) is 0.870. The average molecular weight is 361 g/mol. The molecule has 0 aliphatic carbocycles. The molecule has 24 heavy (non-hydrogen) atoms. The van der Waals surface area contributed by atoms with Crippen LogP contribution in [0.2, 0.25) is 0 Å².